The molecule has 4 heteroatoms. The minimum atomic E-state index is -0.432. The zero-order valence-electron chi connectivity index (χ0n) is 9.30. The monoisotopic (exact) mass is 247 g/mol. The summed E-state index contributed by atoms with van der Waals surface area (Å²) in [4.78, 5) is 15.4. The van der Waals surface area contributed by atoms with Gasteiger partial charge in [-0.3, -0.25) is 4.79 Å². The lowest BCUT2D eigenvalue weighted by Gasteiger charge is -2.01. The standard InChI is InChI=1S/C13H13NO2S/c15-9-12(16)11-4-1-10(2-5-11)3-6-13-14-7-8-17-13/h1-2,4-5,7-8,15H,3,6,9H2. The molecule has 0 saturated carbocycles. The summed E-state index contributed by atoms with van der Waals surface area (Å²) in [6.07, 6.45) is 3.65. The SMILES string of the molecule is O=C(CO)c1ccc(CCc2nccs2)cc1. The van der Waals surface area contributed by atoms with Gasteiger partial charge in [0, 0.05) is 23.6 Å². The van der Waals surface area contributed by atoms with E-state index in [0.717, 1.165) is 17.8 Å². The Bertz CT molecular complexity index is 477. The fourth-order valence-electron chi connectivity index (χ4n) is 1.58. The maximum absolute atomic E-state index is 11.2. The molecule has 1 heterocycles. The average Bonchev–Trinajstić information content (AvgIpc) is 2.89. The van der Waals surface area contributed by atoms with Crippen molar-refractivity contribution in [3.05, 3.63) is 52.0 Å². The van der Waals surface area contributed by atoms with Crippen LogP contribution in [0.1, 0.15) is 20.9 Å². The molecule has 0 saturated heterocycles. The second kappa shape index (κ2) is 5.70. The third-order valence-corrected chi connectivity index (χ3v) is 3.37. The molecule has 0 bridgehead atoms. The zero-order valence-corrected chi connectivity index (χ0v) is 10.1. The molecule has 1 aromatic heterocycles. The van der Waals surface area contributed by atoms with Gasteiger partial charge in [0.15, 0.2) is 5.78 Å². The lowest BCUT2D eigenvalue weighted by atomic mass is 10.1. The highest BCUT2D eigenvalue weighted by molar-refractivity contribution is 7.09. The molecular formula is C13H13NO2S. The summed E-state index contributed by atoms with van der Waals surface area (Å²) in [5.41, 5.74) is 1.74. The van der Waals surface area contributed by atoms with Crippen LogP contribution < -0.4 is 0 Å². The molecule has 1 N–H and O–H groups in total. The largest absolute Gasteiger partial charge is 0.388 e. The summed E-state index contributed by atoms with van der Waals surface area (Å²) in [6.45, 7) is -0.432. The number of carbonyl (C=O) groups excluding carboxylic acids is 1. The molecule has 0 atom stereocenters. The summed E-state index contributed by atoms with van der Waals surface area (Å²) >= 11 is 1.66. The second-order valence-electron chi connectivity index (χ2n) is 3.70. The molecule has 0 aliphatic carbocycles. The quantitative estimate of drug-likeness (QED) is 0.823. The molecule has 2 rings (SSSR count). The van der Waals surface area contributed by atoms with Gasteiger partial charge in [-0.15, -0.1) is 11.3 Å². The average molecular weight is 247 g/mol. The van der Waals surface area contributed by atoms with E-state index in [4.69, 9.17) is 5.11 Å². The van der Waals surface area contributed by atoms with E-state index in [1.165, 1.54) is 5.56 Å². The zero-order chi connectivity index (χ0) is 12.1. The fraction of sp³-hybridized carbons (Fsp3) is 0.231. The number of thiazole rings is 1. The number of ketones is 1. The predicted octanol–water partition coefficient (Wildman–Crippen LogP) is 2.10. The van der Waals surface area contributed by atoms with Crippen molar-refractivity contribution in [3.63, 3.8) is 0 Å². The Morgan fingerprint density at radius 2 is 2.00 bits per heavy atom. The van der Waals surface area contributed by atoms with Gasteiger partial charge in [0.05, 0.1) is 5.01 Å². The van der Waals surface area contributed by atoms with Crippen LogP contribution in [0.3, 0.4) is 0 Å². The van der Waals surface area contributed by atoms with Crippen molar-refractivity contribution in [2.24, 2.45) is 0 Å². The molecule has 0 aliphatic heterocycles. The molecule has 0 amide bonds. The molecule has 2 aromatic rings. The van der Waals surface area contributed by atoms with Gasteiger partial charge < -0.3 is 5.11 Å². The van der Waals surface area contributed by atoms with Crippen LogP contribution in [-0.4, -0.2) is 22.5 Å². The van der Waals surface area contributed by atoms with Crippen molar-refractivity contribution in [3.8, 4) is 0 Å². The highest BCUT2D eigenvalue weighted by atomic mass is 32.1. The van der Waals surface area contributed by atoms with Gasteiger partial charge in [-0.1, -0.05) is 24.3 Å². The second-order valence-corrected chi connectivity index (χ2v) is 4.68. The molecule has 0 aliphatic rings. The number of hydrogen-bond acceptors (Lipinski definition) is 4. The van der Waals surface area contributed by atoms with Crippen molar-refractivity contribution in [2.45, 2.75) is 12.8 Å². The molecule has 3 nitrogen and oxygen atoms in total. The van der Waals surface area contributed by atoms with Crippen LogP contribution in [0.15, 0.2) is 35.8 Å². The van der Waals surface area contributed by atoms with Crippen molar-refractivity contribution < 1.29 is 9.90 Å². The Hall–Kier alpha value is -1.52. The summed E-state index contributed by atoms with van der Waals surface area (Å²) < 4.78 is 0. The molecule has 0 radical (unpaired) electrons. The lowest BCUT2D eigenvalue weighted by Crippen LogP contribution is -2.04. The van der Waals surface area contributed by atoms with Crippen LogP contribution >= 0.6 is 11.3 Å². The molecule has 88 valence electrons. The molecule has 17 heavy (non-hydrogen) atoms. The molecule has 0 spiro atoms. The van der Waals surface area contributed by atoms with Gasteiger partial charge in [-0.05, 0) is 12.0 Å². The smallest absolute Gasteiger partial charge is 0.188 e. The van der Waals surface area contributed by atoms with Gasteiger partial charge in [0.25, 0.3) is 0 Å². The number of Topliss-reactive ketones (excluding diaryl/α,β-unsaturated/α-hetero) is 1. The van der Waals surface area contributed by atoms with E-state index in [1.807, 2.05) is 23.7 Å². The number of benzene rings is 1. The van der Waals surface area contributed by atoms with E-state index in [0.29, 0.717) is 5.56 Å². The van der Waals surface area contributed by atoms with Crippen molar-refractivity contribution in [1.82, 2.24) is 4.98 Å². The normalized spacial score (nSPS) is 10.4. The first-order chi connectivity index (χ1) is 8.29. The maximum atomic E-state index is 11.2. The number of rotatable bonds is 5. The Labute approximate surface area is 104 Å². The minimum Gasteiger partial charge on any atom is -0.388 e. The van der Waals surface area contributed by atoms with E-state index in [9.17, 15) is 4.79 Å². The van der Waals surface area contributed by atoms with Crippen LogP contribution in [0.5, 0.6) is 0 Å². The Morgan fingerprint density at radius 1 is 1.24 bits per heavy atom. The van der Waals surface area contributed by atoms with Crippen LogP contribution in [-0.2, 0) is 12.8 Å². The van der Waals surface area contributed by atoms with Crippen molar-refractivity contribution in [1.29, 1.82) is 0 Å². The van der Waals surface area contributed by atoms with Gasteiger partial charge in [0.2, 0.25) is 0 Å². The van der Waals surface area contributed by atoms with Crippen LogP contribution in [0.4, 0.5) is 0 Å². The Morgan fingerprint density at radius 3 is 2.59 bits per heavy atom. The number of aromatic nitrogens is 1. The molecular weight excluding hydrogens is 234 g/mol. The van der Waals surface area contributed by atoms with Gasteiger partial charge >= 0.3 is 0 Å². The van der Waals surface area contributed by atoms with Crippen LogP contribution in [0.25, 0.3) is 0 Å². The third kappa shape index (κ3) is 3.22. The number of carbonyl (C=O) groups is 1. The van der Waals surface area contributed by atoms with Crippen molar-refractivity contribution >= 4 is 17.1 Å². The first-order valence-corrected chi connectivity index (χ1v) is 6.29. The van der Waals surface area contributed by atoms with Crippen molar-refractivity contribution in [2.75, 3.05) is 6.61 Å². The summed E-state index contributed by atoms with van der Waals surface area (Å²) in [6, 6.07) is 7.37. The van der Waals surface area contributed by atoms with Crippen LogP contribution in [0.2, 0.25) is 0 Å². The van der Waals surface area contributed by atoms with E-state index in [1.54, 1.807) is 23.5 Å². The summed E-state index contributed by atoms with van der Waals surface area (Å²) in [5, 5.41) is 11.8. The maximum Gasteiger partial charge on any atom is 0.188 e. The molecule has 0 unspecified atom stereocenters. The Kier molecular flexibility index (Phi) is 4.01. The highest BCUT2D eigenvalue weighted by Gasteiger charge is 2.03. The van der Waals surface area contributed by atoms with Gasteiger partial charge in [0.1, 0.15) is 6.61 Å². The number of nitrogens with zero attached hydrogens (tertiary/aromatic N) is 1. The van der Waals surface area contributed by atoms with Gasteiger partial charge in [-0.25, -0.2) is 4.98 Å². The number of aryl methyl sites for hydroxylation is 2. The number of aliphatic hydroxyl groups excluding tert-OH is 1. The fourth-order valence-corrected chi connectivity index (χ4v) is 2.20. The predicted molar refractivity (Wildman–Crippen MR) is 67.4 cm³/mol. The topological polar surface area (TPSA) is 50.2 Å². The first-order valence-electron chi connectivity index (χ1n) is 5.41. The summed E-state index contributed by atoms with van der Waals surface area (Å²) in [5.74, 6) is -0.239. The summed E-state index contributed by atoms with van der Waals surface area (Å²) in [7, 11) is 0. The minimum absolute atomic E-state index is 0.239. The third-order valence-electron chi connectivity index (χ3n) is 2.53. The lowest BCUT2D eigenvalue weighted by molar-refractivity contribution is 0.0904. The highest BCUT2D eigenvalue weighted by Crippen LogP contribution is 2.11. The van der Waals surface area contributed by atoms with E-state index in [2.05, 4.69) is 4.98 Å². The molecule has 0 fully saturated rings. The van der Waals surface area contributed by atoms with Crippen LogP contribution in [0, 0.1) is 0 Å². The van der Waals surface area contributed by atoms with E-state index < -0.39 is 6.61 Å². The first kappa shape index (κ1) is 12.0. The molecule has 1 aromatic carbocycles. The van der Waals surface area contributed by atoms with Gasteiger partial charge in [-0.2, -0.15) is 0 Å². The Balaban J connectivity index is 1.96. The van der Waals surface area contributed by atoms with E-state index >= 15 is 0 Å². The number of aliphatic hydroxyl groups is 1. The van der Waals surface area contributed by atoms with E-state index in [-0.39, 0.29) is 5.78 Å². The number of hydrogen-bond donors (Lipinski definition) is 1.